The fourth-order valence-corrected chi connectivity index (χ4v) is 4.02. The smallest absolute Gasteiger partial charge is 0.223 e. The summed E-state index contributed by atoms with van der Waals surface area (Å²) < 4.78 is 27.0. The van der Waals surface area contributed by atoms with Gasteiger partial charge in [-0.1, -0.05) is 42.5 Å². The number of hydrogen-bond donors (Lipinski definition) is 1. The number of hydrogen-bond acceptors (Lipinski definition) is 3. The van der Waals surface area contributed by atoms with Crippen LogP contribution in [0.5, 0.6) is 0 Å². The third kappa shape index (κ3) is 6.81. The van der Waals surface area contributed by atoms with Crippen LogP contribution >= 0.6 is 0 Å². The normalized spacial score (nSPS) is 11.4. The number of sulfonamides is 1. The van der Waals surface area contributed by atoms with Gasteiger partial charge in [0, 0.05) is 25.7 Å². The predicted molar refractivity (Wildman–Crippen MR) is 110 cm³/mol. The zero-order valence-electron chi connectivity index (χ0n) is 16.2. The molecular formula is C21H28N2O3S. The summed E-state index contributed by atoms with van der Waals surface area (Å²) in [6.07, 6.45) is 1.29. The molecule has 0 aliphatic rings. The van der Waals surface area contributed by atoms with E-state index in [1.807, 2.05) is 62.4 Å². The number of anilines is 1. The molecule has 146 valence electrons. The lowest BCUT2D eigenvalue weighted by Gasteiger charge is -2.23. The summed E-state index contributed by atoms with van der Waals surface area (Å²) in [6, 6.07) is 15.7. The van der Waals surface area contributed by atoms with E-state index in [1.54, 1.807) is 4.90 Å². The van der Waals surface area contributed by atoms with Crippen molar-refractivity contribution in [2.24, 2.45) is 0 Å². The van der Waals surface area contributed by atoms with Crippen LogP contribution < -0.4 is 9.62 Å². The molecule has 0 fully saturated rings. The number of aryl methyl sites for hydroxylation is 3. The highest BCUT2D eigenvalue weighted by Crippen LogP contribution is 2.21. The van der Waals surface area contributed by atoms with Gasteiger partial charge in [0.25, 0.3) is 0 Å². The summed E-state index contributed by atoms with van der Waals surface area (Å²) in [4.78, 5) is 13.7. The zero-order chi connectivity index (χ0) is 19.9. The number of carbonyl (C=O) groups is 1. The zero-order valence-corrected chi connectivity index (χ0v) is 17.1. The van der Waals surface area contributed by atoms with Gasteiger partial charge in [0.15, 0.2) is 0 Å². The molecule has 0 saturated heterocycles. The molecule has 0 aliphatic carbocycles. The molecular weight excluding hydrogens is 360 g/mol. The van der Waals surface area contributed by atoms with Crippen molar-refractivity contribution in [2.75, 3.05) is 23.7 Å². The molecule has 0 bridgehead atoms. The van der Waals surface area contributed by atoms with E-state index in [9.17, 15) is 13.2 Å². The largest absolute Gasteiger partial charge is 0.311 e. The van der Waals surface area contributed by atoms with E-state index in [0.29, 0.717) is 13.0 Å². The van der Waals surface area contributed by atoms with Crippen molar-refractivity contribution < 1.29 is 13.2 Å². The van der Waals surface area contributed by atoms with Gasteiger partial charge in [-0.3, -0.25) is 4.79 Å². The Bertz CT molecular complexity index is 864. The first-order valence-electron chi connectivity index (χ1n) is 9.15. The van der Waals surface area contributed by atoms with Crippen LogP contribution in [-0.4, -0.2) is 33.2 Å². The van der Waals surface area contributed by atoms with Crippen LogP contribution in [0.15, 0.2) is 48.5 Å². The first-order valence-corrected chi connectivity index (χ1v) is 10.8. The van der Waals surface area contributed by atoms with Crippen molar-refractivity contribution in [2.45, 2.75) is 33.6 Å². The lowest BCUT2D eigenvalue weighted by Crippen LogP contribution is -2.38. The number of nitrogens with zero attached hydrogens (tertiary/aromatic N) is 1. The van der Waals surface area contributed by atoms with Gasteiger partial charge >= 0.3 is 0 Å². The van der Waals surface area contributed by atoms with Gasteiger partial charge in [0.1, 0.15) is 0 Å². The number of carbonyl (C=O) groups excluding carboxylic acids is 1. The predicted octanol–water partition coefficient (Wildman–Crippen LogP) is 3.21. The minimum atomic E-state index is -3.36. The number of rotatable bonds is 9. The van der Waals surface area contributed by atoms with Crippen LogP contribution in [0.4, 0.5) is 5.69 Å². The van der Waals surface area contributed by atoms with Gasteiger partial charge in [-0.25, -0.2) is 13.1 Å². The number of nitrogens with one attached hydrogen (secondary N) is 1. The van der Waals surface area contributed by atoms with E-state index in [0.717, 1.165) is 28.8 Å². The fraction of sp³-hybridized carbons (Fsp3) is 0.381. The summed E-state index contributed by atoms with van der Waals surface area (Å²) in [7, 11) is -3.36. The number of benzene rings is 2. The van der Waals surface area contributed by atoms with Crippen LogP contribution in [0.1, 0.15) is 30.0 Å². The lowest BCUT2D eigenvalue weighted by molar-refractivity contribution is -0.116. The molecule has 6 heteroatoms. The molecule has 5 nitrogen and oxygen atoms in total. The van der Waals surface area contributed by atoms with Crippen molar-refractivity contribution >= 4 is 21.6 Å². The Hall–Kier alpha value is -2.18. The second-order valence-electron chi connectivity index (χ2n) is 6.76. The van der Waals surface area contributed by atoms with Crippen molar-refractivity contribution in [3.63, 3.8) is 0 Å². The third-order valence-corrected chi connectivity index (χ3v) is 5.88. The Morgan fingerprint density at radius 1 is 1.07 bits per heavy atom. The van der Waals surface area contributed by atoms with Gasteiger partial charge in [-0.05, 0) is 49.4 Å². The standard InChI is InChI=1S/C21H28N2O3S/c1-17-11-12-18(2)21(16-17)23(19(3)24)14-13-22-27(25,26)15-7-10-20-8-5-4-6-9-20/h4-6,8-9,11-12,16,22H,7,10,13-15H2,1-3H3. The SMILES string of the molecule is CC(=O)N(CCNS(=O)(=O)CCCc1ccccc1)c1cc(C)ccc1C. The quantitative estimate of drug-likeness (QED) is 0.717. The molecule has 0 aromatic heterocycles. The van der Waals surface area contributed by atoms with Crippen LogP contribution in [0.25, 0.3) is 0 Å². The van der Waals surface area contributed by atoms with E-state index >= 15 is 0 Å². The van der Waals surface area contributed by atoms with Gasteiger partial charge in [-0.15, -0.1) is 0 Å². The molecule has 0 saturated carbocycles. The van der Waals surface area contributed by atoms with Crippen molar-refractivity contribution in [1.82, 2.24) is 4.72 Å². The summed E-state index contributed by atoms with van der Waals surface area (Å²) in [6.45, 7) is 5.91. The molecule has 2 rings (SSSR count). The average molecular weight is 389 g/mol. The minimum absolute atomic E-state index is 0.0748. The van der Waals surface area contributed by atoms with Crippen molar-refractivity contribution in [1.29, 1.82) is 0 Å². The van der Waals surface area contributed by atoms with Crippen LogP contribution in [-0.2, 0) is 21.2 Å². The Morgan fingerprint density at radius 2 is 1.78 bits per heavy atom. The van der Waals surface area contributed by atoms with E-state index in [4.69, 9.17) is 0 Å². The van der Waals surface area contributed by atoms with Gasteiger partial charge in [-0.2, -0.15) is 0 Å². The Morgan fingerprint density at radius 3 is 2.44 bits per heavy atom. The third-order valence-electron chi connectivity index (χ3n) is 4.41. The average Bonchev–Trinajstić information content (AvgIpc) is 2.61. The summed E-state index contributed by atoms with van der Waals surface area (Å²) >= 11 is 0. The maximum absolute atomic E-state index is 12.2. The molecule has 0 spiro atoms. The highest BCUT2D eigenvalue weighted by molar-refractivity contribution is 7.89. The van der Waals surface area contributed by atoms with E-state index in [-0.39, 0.29) is 18.2 Å². The first-order chi connectivity index (χ1) is 12.8. The summed E-state index contributed by atoms with van der Waals surface area (Å²) in [5.41, 5.74) is 4.00. The van der Waals surface area contributed by atoms with Gasteiger partial charge in [0.2, 0.25) is 15.9 Å². The van der Waals surface area contributed by atoms with Crippen LogP contribution in [0, 0.1) is 13.8 Å². The van der Waals surface area contributed by atoms with Gasteiger partial charge in [0.05, 0.1) is 5.75 Å². The molecule has 1 N–H and O–H groups in total. The van der Waals surface area contributed by atoms with E-state index in [1.165, 1.54) is 6.92 Å². The molecule has 2 aromatic carbocycles. The van der Waals surface area contributed by atoms with Gasteiger partial charge < -0.3 is 4.90 Å². The van der Waals surface area contributed by atoms with E-state index in [2.05, 4.69) is 4.72 Å². The fourth-order valence-electron chi connectivity index (χ4n) is 2.95. The van der Waals surface area contributed by atoms with Crippen LogP contribution in [0.3, 0.4) is 0 Å². The Labute approximate surface area is 162 Å². The Kier molecular flexibility index (Phi) is 7.56. The minimum Gasteiger partial charge on any atom is -0.311 e. The monoisotopic (exact) mass is 388 g/mol. The molecule has 0 unspecified atom stereocenters. The summed E-state index contributed by atoms with van der Waals surface area (Å²) in [5, 5.41) is 0. The Balaban J connectivity index is 1.88. The van der Waals surface area contributed by atoms with Crippen molar-refractivity contribution in [3.05, 3.63) is 65.2 Å². The first kappa shape index (κ1) is 21.1. The molecule has 0 atom stereocenters. The highest BCUT2D eigenvalue weighted by atomic mass is 32.2. The van der Waals surface area contributed by atoms with E-state index < -0.39 is 10.0 Å². The maximum Gasteiger partial charge on any atom is 0.223 e. The number of amides is 1. The molecule has 0 aliphatic heterocycles. The molecule has 1 amide bonds. The second kappa shape index (κ2) is 9.67. The maximum atomic E-state index is 12.2. The lowest BCUT2D eigenvalue weighted by atomic mass is 10.1. The van der Waals surface area contributed by atoms with Crippen molar-refractivity contribution in [3.8, 4) is 0 Å². The molecule has 27 heavy (non-hydrogen) atoms. The molecule has 0 radical (unpaired) electrons. The summed E-state index contributed by atoms with van der Waals surface area (Å²) in [5.74, 6) is -0.0298. The van der Waals surface area contributed by atoms with Crippen LogP contribution in [0.2, 0.25) is 0 Å². The second-order valence-corrected chi connectivity index (χ2v) is 8.69. The highest BCUT2D eigenvalue weighted by Gasteiger charge is 2.16. The topological polar surface area (TPSA) is 66.5 Å². The molecule has 2 aromatic rings. The molecule has 0 heterocycles.